The molecule has 1 saturated heterocycles. The first-order chi connectivity index (χ1) is 9.34. The van der Waals surface area contributed by atoms with E-state index < -0.39 is 15.6 Å². The molecule has 1 heterocycles. The molecule has 1 aliphatic heterocycles. The maximum atomic E-state index is 11.8. The summed E-state index contributed by atoms with van der Waals surface area (Å²) in [7, 11) is -3.38. The minimum Gasteiger partial charge on any atom is -0.390 e. The van der Waals surface area contributed by atoms with E-state index in [0.29, 0.717) is 6.54 Å². The normalized spacial score (nSPS) is 19.1. The van der Waals surface area contributed by atoms with Crippen LogP contribution in [-0.2, 0) is 10.0 Å². The Hall–Kier alpha value is -1.11. The molecule has 112 valence electrons. The molecule has 1 fully saturated rings. The van der Waals surface area contributed by atoms with Crippen molar-refractivity contribution in [1.82, 2.24) is 4.72 Å². The van der Waals surface area contributed by atoms with Crippen LogP contribution in [0.3, 0.4) is 0 Å². The largest absolute Gasteiger partial charge is 0.390 e. The number of rotatable bonds is 4. The molecule has 2 rings (SSSR count). The summed E-state index contributed by atoms with van der Waals surface area (Å²) in [6.45, 7) is 5.56. The third-order valence-electron chi connectivity index (χ3n) is 3.69. The lowest BCUT2D eigenvalue weighted by Crippen LogP contribution is -2.42. The fraction of sp³-hybridized carbons (Fsp3) is 0.571. The van der Waals surface area contributed by atoms with Crippen LogP contribution in [0.2, 0.25) is 0 Å². The van der Waals surface area contributed by atoms with Gasteiger partial charge >= 0.3 is 0 Å². The van der Waals surface area contributed by atoms with Crippen molar-refractivity contribution in [1.29, 1.82) is 0 Å². The van der Waals surface area contributed by atoms with Crippen LogP contribution in [0.15, 0.2) is 29.2 Å². The molecular weight excluding hydrogens is 276 g/mol. The molecular formula is C14H22N2O3S. The highest BCUT2D eigenvalue weighted by atomic mass is 32.2. The number of nitrogens with zero attached hydrogens (tertiary/aromatic N) is 1. The van der Waals surface area contributed by atoms with E-state index in [-0.39, 0.29) is 4.90 Å². The summed E-state index contributed by atoms with van der Waals surface area (Å²) >= 11 is 0. The maximum absolute atomic E-state index is 11.8. The topological polar surface area (TPSA) is 69.6 Å². The fourth-order valence-corrected chi connectivity index (χ4v) is 3.40. The molecule has 1 aliphatic rings. The Bertz CT molecular complexity index is 542. The Labute approximate surface area is 120 Å². The number of nitrogens with one attached hydrogen (secondary N) is 1. The minimum absolute atomic E-state index is 0.284. The van der Waals surface area contributed by atoms with Crippen molar-refractivity contribution in [2.75, 3.05) is 24.5 Å². The van der Waals surface area contributed by atoms with E-state index in [1.165, 1.54) is 0 Å². The maximum Gasteiger partial charge on any atom is 0.240 e. The van der Waals surface area contributed by atoms with Crippen LogP contribution in [0.4, 0.5) is 5.69 Å². The van der Waals surface area contributed by atoms with Crippen molar-refractivity contribution >= 4 is 15.7 Å². The summed E-state index contributed by atoms with van der Waals surface area (Å²) in [5.74, 6) is 0. The van der Waals surface area contributed by atoms with Crippen LogP contribution in [0.1, 0.15) is 26.7 Å². The van der Waals surface area contributed by atoms with E-state index >= 15 is 0 Å². The van der Waals surface area contributed by atoms with Crippen LogP contribution < -0.4 is 9.62 Å². The predicted octanol–water partition coefficient (Wildman–Crippen LogP) is 1.34. The molecule has 6 heteroatoms. The van der Waals surface area contributed by atoms with Gasteiger partial charge in [-0.15, -0.1) is 0 Å². The van der Waals surface area contributed by atoms with Gasteiger partial charge in [-0.2, -0.15) is 0 Å². The Kier molecular flexibility index (Phi) is 4.36. The second-order valence-corrected chi connectivity index (χ2v) is 7.25. The van der Waals surface area contributed by atoms with Gasteiger partial charge < -0.3 is 10.0 Å². The molecule has 0 radical (unpaired) electrons. The average molecular weight is 298 g/mol. The van der Waals surface area contributed by atoms with Gasteiger partial charge in [0.1, 0.15) is 0 Å². The fourth-order valence-electron chi connectivity index (χ4n) is 2.36. The first kappa shape index (κ1) is 15.3. The van der Waals surface area contributed by atoms with Gasteiger partial charge in [0, 0.05) is 25.3 Å². The molecule has 0 spiro atoms. The van der Waals surface area contributed by atoms with E-state index in [4.69, 9.17) is 0 Å². The van der Waals surface area contributed by atoms with Crippen LogP contribution in [-0.4, -0.2) is 38.8 Å². The van der Waals surface area contributed by atoms with Gasteiger partial charge in [0.2, 0.25) is 10.0 Å². The molecule has 2 N–H and O–H groups in total. The second kappa shape index (κ2) is 5.71. The summed E-state index contributed by atoms with van der Waals surface area (Å²) in [5.41, 5.74) is 0.418. The van der Waals surface area contributed by atoms with Crippen LogP contribution in [0, 0.1) is 0 Å². The van der Waals surface area contributed by atoms with Crippen molar-refractivity contribution in [3.8, 4) is 0 Å². The molecule has 0 amide bonds. The Morgan fingerprint density at radius 3 is 2.30 bits per heavy atom. The van der Waals surface area contributed by atoms with Gasteiger partial charge in [0.15, 0.2) is 0 Å². The van der Waals surface area contributed by atoms with E-state index in [1.807, 2.05) is 19.1 Å². The lowest BCUT2D eigenvalue weighted by molar-refractivity contribution is 0.0351. The second-order valence-electron chi connectivity index (χ2n) is 5.48. The molecule has 0 unspecified atom stereocenters. The number of piperidine rings is 1. The number of benzene rings is 1. The van der Waals surface area contributed by atoms with Gasteiger partial charge in [-0.05, 0) is 44.0 Å². The molecule has 0 bridgehead atoms. The van der Waals surface area contributed by atoms with Crippen molar-refractivity contribution in [2.24, 2.45) is 0 Å². The average Bonchev–Trinajstić information content (AvgIpc) is 2.39. The Morgan fingerprint density at radius 2 is 1.80 bits per heavy atom. The minimum atomic E-state index is -3.38. The molecule has 20 heavy (non-hydrogen) atoms. The van der Waals surface area contributed by atoms with Crippen LogP contribution >= 0.6 is 0 Å². The first-order valence-corrected chi connectivity index (χ1v) is 8.39. The standard InChI is InChI=1S/C14H22N2O3S/c1-3-15-20(18,19)13-6-4-12(5-7-13)16-10-8-14(2,17)9-11-16/h4-7,15,17H,3,8-11H2,1-2H3. The molecule has 0 saturated carbocycles. The van der Waals surface area contributed by atoms with Crippen molar-refractivity contribution in [3.05, 3.63) is 24.3 Å². The third kappa shape index (κ3) is 3.50. The molecule has 1 aromatic carbocycles. The summed E-state index contributed by atoms with van der Waals surface area (Å²) in [6, 6.07) is 6.90. The van der Waals surface area contributed by atoms with Crippen LogP contribution in [0.5, 0.6) is 0 Å². The summed E-state index contributed by atoms with van der Waals surface area (Å²) < 4.78 is 26.2. The van der Waals surface area contributed by atoms with Gasteiger partial charge in [-0.3, -0.25) is 0 Å². The monoisotopic (exact) mass is 298 g/mol. The third-order valence-corrected chi connectivity index (χ3v) is 5.25. The predicted molar refractivity (Wildman–Crippen MR) is 79.4 cm³/mol. The zero-order valence-corrected chi connectivity index (χ0v) is 12.8. The number of anilines is 1. The van der Waals surface area contributed by atoms with Crippen molar-refractivity contribution < 1.29 is 13.5 Å². The highest BCUT2D eigenvalue weighted by Crippen LogP contribution is 2.26. The lowest BCUT2D eigenvalue weighted by atomic mass is 9.93. The lowest BCUT2D eigenvalue weighted by Gasteiger charge is -2.37. The van der Waals surface area contributed by atoms with Crippen LogP contribution in [0.25, 0.3) is 0 Å². The van der Waals surface area contributed by atoms with Gasteiger partial charge in [0.25, 0.3) is 0 Å². The highest BCUT2D eigenvalue weighted by Gasteiger charge is 2.27. The zero-order chi connectivity index (χ0) is 14.8. The Balaban J connectivity index is 2.10. The summed E-state index contributed by atoms with van der Waals surface area (Å²) in [6.07, 6.45) is 1.45. The SMILES string of the molecule is CCNS(=O)(=O)c1ccc(N2CCC(C)(O)CC2)cc1. The van der Waals surface area contributed by atoms with Gasteiger partial charge in [-0.1, -0.05) is 6.92 Å². The summed E-state index contributed by atoms with van der Waals surface area (Å²) in [5, 5.41) is 9.93. The zero-order valence-electron chi connectivity index (χ0n) is 12.0. The number of sulfonamides is 1. The van der Waals surface area contributed by atoms with E-state index in [2.05, 4.69) is 9.62 Å². The number of aliphatic hydroxyl groups is 1. The molecule has 1 aromatic rings. The van der Waals surface area contributed by atoms with Crippen molar-refractivity contribution in [3.63, 3.8) is 0 Å². The van der Waals surface area contributed by atoms with Crippen molar-refractivity contribution in [2.45, 2.75) is 37.2 Å². The van der Waals surface area contributed by atoms with Gasteiger partial charge in [0.05, 0.1) is 10.5 Å². The summed E-state index contributed by atoms with van der Waals surface area (Å²) in [4.78, 5) is 2.45. The number of hydrogen-bond donors (Lipinski definition) is 2. The quantitative estimate of drug-likeness (QED) is 0.880. The van der Waals surface area contributed by atoms with E-state index in [9.17, 15) is 13.5 Å². The molecule has 0 atom stereocenters. The molecule has 0 aliphatic carbocycles. The van der Waals surface area contributed by atoms with E-state index in [0.717, 1.165) is 31.6 Å². The molecule has 0 aromatic heterocycles. The number of hydrogen-bond acceptors (Lipinski definition) is 4. The Morgan fingerprint density at radius 1 is 1.25 bits per heavy atom. The molecule has 5 nitrogen and oxygen atoms in total. The highest BCUT2D eigenvalue weighted by molar-refractivity contribution is 7.89. The first-order valence-electron chi connectivity index (χ1n) is 6.91. The smallest absolute Gasteiger partial charge is 0.240 e. The van der Waals surface area contributed by atoms with Gasteiger partial charge in [-0.25, -0.2) is 13.1 Å². The van der Waals surface area contributed by atoms with E-state index in [1.54, 1.807) is 19.1 Å².